The van der Waals surface area contributed by atoms with Crippen LogP contribution < -0.4 is 10.2 Å². The summed E-state index contributed by atoms with van der Waals surface area (Å²) in [6.45, 7) is -5.10. The largest absolute Gasteiger partial charge is 0.512 e. The number of ether oxygens (including phenoxy) is 1. The monoisotopic (exact) mass is 287 g/mol. The molecule has 0 aliphatic carbocycles. The highest BCUT2D eigenvalue weighted by Gasteiger charge is 2.28. The van der Waals surface area contributed by atoms with Gasteiger partial charge in [0.25, 0.3) is 0 Å². The molecule has 0 N–H and O–H groups in total. The highest BCUT2D eigenvalue weighted by Crippen LogP contribution is 2.17. The summed E-state index contributed by atoms with van der Waals surface area (Å²) in [5.74, 6) is -1.23. The van der Waals surface area contributed by atoms with Gasteiger partial charge in [0.2, 0.25) is 0 Å². The SMILES string of the molecule is Cn1cc(CCOc2ccc([B-](F)(F)F)c(F)c2)cn1. The maximum absolute atomic E-state index is 13.3. The van der Waals surface area contributed by atoms with Gasteiger partial charge in [-0.25, -0.2) is 4.39 Å². The summed E-state index contributed by atoms with van der Waals surface area (Å²) in [7, 11) is 1.78. The van der Waals surface area contributed by atoms with Crippen LogP contribution in [0.1, 0.15) is 5.56 Å². The molecule has 108 valence electrons. The molecule has 0 fully saturated rings. The third kappa shape index (κ3) is 3.52. The average molecular weight is 287 g/mol. The summed E-state index contributed by atoms with van der Waals surface area (Å²) in [5.41, 5.74) is -0.298. The molecule has 20 heavy (non-hydrogen) atoms. The molecule has 2 rings (SSSR count). The summed E-state index contributed by atoms with van der Waals surface area (Å²) < 4.78 is 57.5. The van der Waals surface area contributed by atoms with Gasteiger partial charge in [0.05, 0.1) is 18.6 Å². The van der Waals surface area contributed by atoms with E-state index < -0.39 is 18.3 Å². The van der Waals surface area contributed by atoms with E-state index in [1.54, 1.807) is 24.1 Å². The number of nitrogens with zero attached hydrogens (tertiary/aromatic N) is 2. The number of benzene rings is 1. The van der Waals surface area contributed by atoms with Crippen molar-refractivity contribution in [2.24, 2.45) is 7.05 Å². The molecule has 3 nitrogen and oxygen atoms in total. The van der Waals surface area contributed by atoms with Crippen molar-refractivity contribution in [3.8, 4) is 5.75 Å². The van der Waals surface area contributed by atoms with Gasteiger partial charge in [-0.05, 0) is 11.6 Å². The minimum absolute atomic E-state index is 0.0789. The van der Waals surface area contributed by atoms with Crippen LogP contribution in [0.15, 0.2) is 30.6 Å². The average Bonchev–Trinajstić information content (AvgIpc) is 2.73. The van der Waals surface area contributed by atoms with Crippen molar-refractivity contribution < 1.29 is 22.1 Å². The van der Waals surface area contributed by atoms with Gasteiger partial charge < -0.3 is 17.7 Å². The standard InChI is InChI=1S/C12H12BF4N2O/c1-19-8-9(7-18-19)4-5-20-10-2-3-11(12(14)6-10)13(15,16)17/h2-3,6-8H,4-5H2,1H3/q-1. The fourth-order valence-corrected chi connectivity index (χ4v) is 1.75. The van der Waals surface area contributed by atoms with E-state index >= 15 is 0 Å². The number of halogens is 4. The van der Waals surface area contributed by atoms with E-state index in [-0.39, 0.29) is 12.4 Å². The Morgan fingerprint density at radius 1 is 1.30 bits per heavy atom. The van der Waals surface area contributed by atoms with Crippen LogP contribution in [0.4, 0.5) is 17.3 Å². The van der Waals surface area contributed by atoms with Crippen LogP contribution in [0, 0.1) is 5.82 Å². The van der Waals surface area contributed by atoms with Crippen LogP contribution >= 0.6 is 0 Å². The zero-order valence-electron chi connectivity index (χ0n) is 10.7. The van der Waals surface area contributed by atoms with Crippen molar-refractivity contribution in [1.29, 1.82) is 0 Å². The number of aryl methyl sites for hydroxylation is 1. The second-order valence-corrected chi connectivity index (χ2v) is 4.38. The molecule has 1 heterocycles. The Balaban J connectivity index is 1.95. The molecule has 0 radical (unpaired) electrons. The molecule has 0 amide bonds. The lowest BCUT2D eigenvalue weighted by atomic mass is 9.80. The highest BCUT2D eigenvalue weighted by molar-refractivity contribution is 6.73. The second kappa shape index (κ2) is 5.56. The van der Waals surface area contributed by atoms with E-state index in [0.717, 1.165) is 17.7 Å². The number of rotatable bonds is 5. The molecule has 0 spiro atoms. The Bertz CT molecular complexity index is 597. The Morgan fingerprint density at radius 2 is 2.05 bits per heavy atom. The molecule has 0 aliphatic heterocycles. The normalized spacial score (nSPS) is 11.7. The third-order valence-electron chi connectivity index (χ3n) is 2.74. The summed E-state index contributed by atoms with van der Waals surface area (Å²) in [6, 6.07) is 2.58. The molecule has 8 heteroatoms. The molecule has 0 aliphatic rings. The highest BCUT2D eigenvalue weighted by atomic mass is 19.4. The van der Waals surface area contributed by atoms with Gasteiger partial charge in [0.15, 0.2) is 0 Å². The van der Waals surface area contributed by atoms with E-state index in [9.17, 15) is 17.3 Å². The van der Waals surface area contributed by atoms with Crippen molar-refractivity contribution in [3.05, 3.63) is 42.0 Å². The van der Waals surface area contributed by atoms with Gasteiger partial charge in [0.1, 0.15) is 5.75 Å². The molecule has 2 aromatic rings. The summed E-state index contributed by atoms with van der Waals surface area (Å²) in [4.78, 5) is 0. The Hall–Kier alpha value is -1.99. The molecule has 0 saturated heterocycles. The van der Waals surface area contributed by atoms with E-state index in [0.29, 0.717) is 12.5 Å². The van der Waals surface area contributed by atoms with Crippen molar-refractivity contribution in [2.75, 3.05) is 6.61 Å². The first-order chi connectivity index (χ1) is 9.36. The minimum Gasteiger partial charge on any atom is -0.493 e. The summed E-state index contributed by atoms with van der Waals surface area (Å²) in [6.07, 6.45) is 4.01. The van der Waals surface area contributed by atoms with E-state index in [4.69, 9.17) is 4.74 Å². The second-order valence-electron chi connectivity index (χ2n) is 4.38. The van der Waals surface area contributed by atoms with Gasteiger partial charge in [-0.1, -0.05) is 11.5 Å². The van der Waals surface area contributed by atoms with Crippen LogP contribution in [0.5, 0.6) is 5.75 Å². The smallest absolute Gasteiger partial charge is 0.493 e. The maximum atomic E-state index is 13.3. The Morgan fingerprint density at radius 3 is 2.60 bits per heavy atom. The molecule has 1 aromatic heterocycles. The van der Waals surface area contributed by atoms with Crippen molar-refractivity contribution in [1.82, 2.24) is 9.78 Å². The lowest BCUT2D eigenvalue weighted by molar-refractivity contribution is 0.320. The maximum Gasteiger partial charge on any atom is 0.512 e. The van der Waals surface area contributed by atoms with Crippen LogP contribution in [0.3, 0.4) is 0 Å². The van der Waals surface area contributed by atoms with Gasteiger partial charge in [-0.2, -0.15) is 5.10 Å². The van der Waals surface area contributed by atoms with E-state index in [2.05, 4.69) is 5.10 Å². The van der Waals surface area contributed by atoms with Crippen LogP contribution in [-0.2, 0) is 13.5 Å². The zero-order chi connectivity index (χ0) is 14.8. The Labute approximate surface area is 113 Å². The first-order valence-electron chi connectivity index (χ1n) is 5.96. The molecule has 0 unspecified atom stereocenters. The zero-order valence-corrected chi connectivity index (χ0v) is 10.7. The lowest BCUT2D eigenvalue weighted by Gasteiger charge is -2.16. The van der Waals surface area contributed by atoms with Crippen molar-refractivity contribution in [2.45, 2.75) is 6.42 Å². The van der Waals surface area contributed by atoms with Crippen LogP contribution in [0.25, 0.3) is 0 Å². The number of aromatic nitrogens is 2. The van der Waals surface area contributed by atoms with Gasteiger partial charge in [-0.15, -0.1) is 0 Å². The van der Waals surface area contributed by atoms with Crippen molar-refractivity contribution in [3.63, 3.8) is 0 Å². The van der Waals surface area contributed by atoms with Crippen LogP contribution in [0.2, 0.25) is 0 Å². The van der Waals surface area contributed by atoms with Gasteiger partial charge in [0, 0.05) is 25.7 Å². The van der Waals surface area contributed by atoms with E-state index in [1.165, 1.54) is 0 Å². The fourth-order valence-electron chi connectivity index (χ4n) is 1.75. The number of hydrogen-bond donors (Lipinski definition) is 0. The first kappa shape index (κ1) is 14.4. The quantitative estimate of drug-likeness (QED) is 0.623. The molecule has 0 atom stereocenters. The summed E-state index contributed by atoms with van der Waals surface area (Å²) >= 11 is 0. The third-order valence-corrected chi connectivity index (χ3v) is 2.74. The summed E-state index contributed by atoms with van der Waals surface area (Å²) in [5, 5.41) is 3.97. The molecular weight excluding hydrogens is 275 g/mol. The predicted molar refractivity (Wildman–Crippen MR) is 67.5 cm³/mol. The van der Waals surface area contributed by atoms with Crippen molar-refractivity contribution >= 4 is 12.4 Å². The Kier molecular flexibility index (Phi) is 4.01. The van der Waals surface area contributed by atoms with E-state index in [1.807, 2.05) is 0 Å². The molecule has 1 aromatic carbocycles. The molecule has 0 saturated carbocycles. The first-order valence-corrected chi connectivity index (χ1v) is 5.96. The lowest BCUT2D eigenvalue weighted by Crippen LogP contribution is -2.36. The predicted octanol–water partition coefficient (Wildman–Crippen LogP) is 2.24. The fraction of sp³-hybridized carbons (Fsp3) is 0.250. The molecular formula is C12H12BF4N2O-. The molecule has 0 bridgehead atoms. The van der Waals surface area contributed by atoms with Gasteiger partial charge in [-0.3, -0.25) is 4.68 Å². The minimum atomic E-state index is -5.34. The topological polar surface area (TPSA) is 27.1 Å². The van der Waals surface area contributed by atoms with Crippen LogP contribution in [-0.4, -0.2) is 23.4 Å². The van der Waals surface area contributed by atoms with Gasteiger partial charge >= 0.3 is 6.98 Å². The number of hydrogen-bond acceptors (Lipinski definition) is 2.